The zero-order valence-corrected chi connectivity index (χ0v) is 13.3. The summed E-state index contributed by atoms with van der Waals surface area (Å²) in [6.45, 7) is 3.27. The molecule has 22 heavy (non-hydrogen) atoms. The Morgan fingerprint density at radius 2 is 2.32 bits per heavy atom. The van der Waals surface area contributed by atoms with Gasteiger partial charge in [-0.1, -0.05) is 12.8 Å². The van der Waals surface area contributed by atoms with E-state index in [0.29, 0.717) is 26.4 Å². The molecule has 1 aliphatic heterocycles. The standard InChI is InChI=1S/C16H25N3O3/c1-21-8-6-16(4-2-3-5-16)15(20)18-11-13-10-17-14-12-22-9-7-19(13)14/h10H,2-9,11-12H2,1H3,(H,18,20). The van der Waals surface area contributed by atoms with E-state index >= 15 is 0 Å². The molecule has 122 valence electrons. The van der Waals surface area contributed by atoms with Gasteiger partial charge in [0.25, 0.3) is 0 Å². The molecule has 1 saturated carbocycles. The lowest BCUT2D eigenvalue weighted by atomic mass is 9.82. The first kappa shape index (κ1) is 15.5. The molecule has 0 radical (unpaired) electrons. The highest BCUT2D eigenvalue weighted by atomic mass is 16.5. The Kier molecular flexibility index (Phi) is 4.78. The summed E-state index contributed by atoms with van der Waals surface area (Å²) in [7, 11) is 1.70. The number of hydrogen-bond acceptors (Lipinski definition) is 4. The van der Waals surface area contributed by atoms with Crippen molar-refractivity contribution in [1.82, 2.24) is 14.9 Å². The van der Waals surface area contributed by atoms with Crippen LogP contribution in [0.25, 0.3) is 0 Å². The number of carbonyl (C=O) groups is 1. The van der Waals surface area contributed by atoms with Crippen LogP contribution >= 0.6 is 0 Å². The fourth-order valence-electron chi connectivity index (χ4n) is 3.60. The minimum absolute atomic E-state index is 0.171. The zero-order valence-electron chi connectivity index (χ0n) is 13.3. The van der Waals surface area contributed by atoms with E-state index in [4.69, 9.17) is 9.47 Å². The predicted octanol–water partition coefficient (Wildman–Crippen LogP) is 1.63. The van der Waals surface area contributed by atoms with Crippen molar-refractivity contribution in [3.8, 4) is 0 Å². The number of aromatic nitrogens is 2. The molecule has 1 aliphatic carbocycles. The van der Waals surface area contributed by atoms with Crippen LogP contribution in [0.3, 0.4) is 0 Å². The van der Waals surface area contributed by atoms with E-state index in [1.165, 1.54) is 0 Å². The third kappa shape index (κ3) is 3.03. The minimum atomic E-state index is -0.232. The van der Waals surface area contributed by atoms with Crippen molar-refractivity contribution in [2.75, 3.05) is 20.3 Å². The number of carbonyl (C=O) groups excluding carboxylic acids is 1. The van der Waals surface area contributed by atoms with Crippen molar-refractivity contribution in [1.29, 1.82) is 0 Å². The molecule has 3 rings (SSSR count). The van der Waals surface area contributed by atoms with Gasteiger partial charge in [0.05, 0.1) is 30.5 Å². The molecular weight excluding hydrogens is 282 g/mol. The summed E-state index contributed by atoms with van der Waals surface area (Å²) in [6.07, 6.45) is 6.88. The van der Waals surface area contributed by atoms with Crippen molar-refractivity contribution in [2.45, 2.75) is 51.8 Å². The largest absolute Gasteiger partial charge is 0.385 e. The van der Waals surface area contributed by atoms with Gasteiger partial charge in [-0.05, 0) is 19.3 Å². The number of ether oxygens (including phenoxy) is 2. The highest BCUT2D eigenvalue weighted by Gasteiger charge is 2.40. The predicted molar refractivity (Wildman–Crippen MR) is 81.1 cm³/mol. The summed E-state index contributed by atoms with van der Waals surface area (Å²) in [5.41, 5.74) is 0.829. The topological polar surface area (TPSA) is 65.4 Å². The summed E-state index contributed by atoms with van der Waals surface area (Å²) in [5, 5.41) is 3.13. The van der Waals surface area contributed by atoms with Crippen LogP contribution in [0.4, 0.5) is 0 Å². The van der Waals surface area contributed by atoms with E-state index in [0.717, 1.165) is 50.2 Å². The molecule has 0 bridgehead atoms. The van der Waals surface area contributed by atoms with Gasteiger partial charge in [-0.3, -0.25) is 4.79 Å². The number of nitrogens with zero attached hydrogens (tertiary/aromatic N) is 2. The average Bonchev–Trinajstić information content (AvgIpc) is 3.18. The van der Waals surface area contributed by atoms with Crippen LogP contribution in [0.2, 0.25) is 0 Å². The number of nitrogens with one attached hydrogen (secondary N) is 1. The quantitative estimate of drug-likeness (QED) is 0.867. The number of rotatable bonds is 6. The van der Waals surface area contributed by atoms with Gasteiger partial charge in [-0.15, -0.1) is 0 Å². The second-order valence-electron chi connectivity index (χ2n) is 6.28. The van der Waals surface area contributed by atoms with E-state index in [9.17, 15) is 4.79 Å². The number of hydrogen-bond donors (Lipinski definition) is 1. The van der Waals surface area contributed by atoms with Crippen LogP contribution < -0.4 is 5.32 Å². The van der Waals surface area contributed by atoms with E-state index in [-0.39, 0.29) is 11.3 Å². The first-order valence-electron chi connectivity index (χ1n) is 8.13. The number of amides is 1. The number of fused-ring (bicyclic) bond motifs is 1. The van der Waals surface area contributed by atoms with Gasteiger partial charge in [0.2, 0.25) is 5.91 Å². The molecule has 0 saturated heterocycles. The Labute approximate surface area is 131 Å². The van der Waals surface area contributed by atoms with Gasteiger partial charge in [-0.2, -0.15) is 0 Å². The maximum absolute atomic E-state index is 12.7. The van der Waals surface area contributed by atoms with Gasteiger partial charge in [0, 0.05) is 20.3 Å². The van der Waals surface area contributed by atoms with Crippen LogP contribution in [-0.4, -0.2) is 35.8 Å². The van der Waals surface area contributed by atoms with E-state index < -0.39 is 0 Å². The molecule has 0 aromatic carbocycles. The summed E-state index contributed by atoms with van der Waals surface area (Å²) in [6, 6.07) is 0. The lowest BCUT2D eigenvalue weighted by Crippen LogP contribution is -2.40. The molecule has 6 nitrogen and oxygen atoms in total. The Morgan fingerprint density at radius 1 is 1.50 bits per heavy atom. The molecule has 6 heteroatoms. The third-order valence-corrected chi connectivity index (χ3v) is 4.97. The van der Waals surface area contributed by atoms with Gasteiger partial charge in [0.1, 0.15) is 12.4 Å². The van der Waals surface area contributed by atoms with Crippen LogP contribution in [0.15, 0.2) is 6.20 Å². The van der Waals surface area contributed by atoms with E-state index in [1.807, 2.05) is 6.20 Å². The van der Waals surface area contributed by atoms with Crippen molar-refractivity contribution in [2.24, 2.45) is 5.41 Å². The van der Waals surface area contributed by atoms with Gasteiger partial charge in [-0.25, -0.2) is 4.98 Å². The second kappa shape index (κ2) is 6.79. The summed E-state index contributed by atoms with van der Waals surface area (Å²) in [4.78, 5) is 17.1. The van der Waals surface area contributed by atoms with Crippen molar-refractivity contribution in [3.05, 3.63) is 17.7 Å². The summed E-state index contributed by atoms with van der Waals surface area (Å²) < 4.78 is 12.7. The Morgan fingerprint density at radius 3 is 3.09 bits per heavy atom. The first-order valence-corrected chi connectivity index (χ1v) is 8.13. The number of methoxy groups -OCH3 is 1. The monoisotopic (exact) mass is 307 g/mol. The SMILES string of the molecule is COCCC1(C(=O)NCc2cnc3n2CCOC3)CCCC1. The maximum Gasteiger partial charge on any atom is 0.226 e. The van der Waals surface area contributed by atoms with Crippen LogP contribution in [0, 0.1) is 5.41 Å². The maximum atomic E-state index is 12.7. The minimum Gasteiger partial charge on any atom is -0.385 e. The summed E-state index contributed by atoms with van der Waals surface area (Å²) in [5.74, 6) is 1.12. The van der Waals surface area contributed by atoms with Crippen molar-refractivity contribution in [3.63, 3.8) is 0 Å². The van der Waals surface area contributed by atoms with Crippen LogP contribution in [0.5, 0.6) is 0 Å². The molecule has 1 aromatic rings. The molecule has 1 N–H and O–H groups in total. The molecule has 0 spiro atoms. The Hall–Kier alpha value is -1.40. The molecule has 1 aromatic heterocycles. The second-order valence-corrected chi connectivity index (χ2v) is 6.28. The third-order valence-electron chi connectivity index (χ3n) is 4.97. The Balaban J connectivity index is 1.62. The van der Waals surface area contributed by atoms with Crippen LogP contribution in [0.1, 0.15) is 43.6 Å². The van der Waals surface area contributed by atoms with E-state index in [1.54, 1.807) is 7.11 Å². The molecule has 2 heterocycles. The first-order chi connectivity index (χ1) is 10.7. The molecule has 0 unspecified atom stereocenters. The highest BCUT2D eigenvalue weighted by molar-refractivity contribution is 5.82. The highest BCUT2D eigenvalue weighted by Crippen LogP contribution is 2.41. The van der Waals surface area contributed by atoms with Crippen molar-refractivity contribution >= 4 is 5.91 Å². The van der Waals surface area contributed by atoms with Gasteiger partial charge >= 0.3 is 0 Å². The fraction of sp³-hybridized carbons (Fsp3) is 0.750. The van der Waals surface area contributed by atoms with Crippen LogP contribution in [-0.2, 0) is 34.0 Å². The smallest absolute Gasteiger partial charge is 0.226 e. The van der Waals surface area contributed by atoms with Crippen molar-refractivity contribution < 1.29 is 14.3 Å². The number of imidazole rings is 1. The Bertz CT molecular complexity index is 521. The molecule has 0 atom stereocenters. The van der Waals surface area contributed by atoms with E-state index in [2.05, 4.69) is 14.9 Å². The molecule has 1 amide bonds. The lowest BCUT2D eigenvalue weighted by molar-refractivity contribution is -0.132. The normalized spacial score (nSPS) is 19.9. The zero-order chi connectivity index (χ0) is 15.4. The molecule has 1 fully saturated rings. The average molecular weight is 307 g/mol. The van der Waals surface area contributed by atoms with Gasteiger partial charge < -0.3 is 19.4 Å². The molecular formula is C16H25N3O3. The van der Waals surface area contributed by atoms with Gasteiger partial charge in [0.15, 0.2) is 0 Å². The fourth-order valence-corrected chi connectivity index (χ4v) is 3.60. The molecule has 2 aliphatic rings. The lowest BCUT2D eigenvalue weighted by Gasteiger charge is -2.27. The summed E-state index contributed by atoms with van der Waals surface area (Å²) >= 11 is 0.